The Kier molecular flexibility index (Phi) is 5.63. The first kappa shape index (κ1) is 20.7. The number of fused-ring (bicyclic) bond motifs is 2. The number of hydrogen-bond acceptors (Lipinski definition) is 5. The summed E-state index contributed by atoms with van der Waals surface area (Å²) in [6.07, 6.45) is 15.7. The van der Waals surface area contributed by atoms with Crippen LogP contribution in [-0.2, 0) is 0 Å². The highest BCUT2D eigenvalue weighted by atomic mass is 15.1. The van der Waals surface area contributed by atoms with Gasteiger partial charge in [-0.1, -0.05) is 12.2 Å². The first-order valence-electron chi connectivity index (χ1n) is 12.1. The molecule has 0 radical (unpaired) electrons. The summed E-state index contributed by atoms with van der Waals surface area (Å²) in [7, 11) is 1.86. The van der Waals surface area contributed by atoms with E-state index >= 15 is 0 Å². The van der Waals surface area contributed by atoms with Crippen LogP contribution in [0.4, 0.5) is 5.82 Å². The molecule has 0 aromatic carbocycles. The SMILES string of the molecule is CN/C=C(\C(C)=N)c1ccc(NCC2CC23CCN(CC2CC4C=CC2C4)CC3)nc1. The molecule has 3 aliphatic carbocycles. The third kappa shape index (κ3) is 4.30. The van der Waals surface area contributed by atoms with Crippen LogP contribution < -0.4 is 10.6 Å². The van der Waals surface area contributed by atoms with E-state index in [-0.39, 0.29) is 0 Å². The fourth-order valence-corrected chi connectivity index (χ4v) is 6.39. The van der Waals surface area contributed by atoms with Crippen molar-refractivity contribution >= 4 is 17.1 Å². The number of allylic oxidation sites excluding steroid dienone is 3. The van der Waals surface area contributed by atoms with Crippen molar-refractivity contribution in [3.05, 3.63) is 42.2 Å². The van der Waals surface area contributed by atoms with Crippen LogP contribution in [0.5, 0.6) is 0 Å². The molecule has 31 heavy (non-hydrogen) atoms. The molecule has 4 atom stereocenters. The van der Waals surface area contributed by atoms with Gasteiger partial charge >= 0.3 is 0 Å². The van der Waals surface area contributed by atoms with Gasteiger partial charge in [-0.05, 0) is 93.3 Å². The summed E-state index contributed by atoms with van der Waals surface area (Å²) in [4.78, 5) is 7.35. The van der Waals surface area contributed by atoms with E-state index in [4.69, 9.17) is 5.41 Å². The summed E-state index contributed by atoms with van der Waals surface area (Å²) >= 11 is 0. The maximum absolute atomic E-state index is 7.94. The second kappa shape index (κ2) is 8.42. The van der Waals surface area contributed by atoms with Crippen molar-refractivity contribution in [3.63, 3.8) is 0 Å². The zero-order valence-electron chi connectivity index (χ0n) is 19.0. The van der Waals surface area contributed by atoms with Crippen LogP contribution >= 0.6 is 0 Å². The molecule has 1 aliphatic heterocycles. The van der Waals surface area contributed by atoms with E-state index in [1.165, 1.54) is 51.7 Å². The summed E-state index contributed by atoms with van der Waals surface area (Å²) in [5.41, 5.74) is 3.00. The van der Waals surface area contributed by atoms with Crippen molar-refractivity contribution in [2.75, 3.05) is 38.5 Å². The second-order valence-electron chi connectivity index (χ2n) is 10.4. The molecule has 2 saturated carbocycles. The van der Waals surface area contributed by atoms with Gasteiger partial charge in [0.25, 0.3) is 0 Å². The van der Waals surface area contributed by atoms with Gasteiger partial charge in [-0.25, -0.2) is 4.98 Å². The first-order valence-corrected chi connectivity index (χ1v) is 12.1. The van der Waals surface area contributed by atoms with Crippen LogP contribution in [0.25, 0.3) is 5.57 Å². The molecule has 4 aliphatic rings. The van der Waals surface area contributed by atoms with Gasteiger partial charge in [-0.2, -0.15) is 0 Å². The predicted molar refractivity (Wildman–Crippen MR) is 128 cm³/mol. The number of nitrogens with zero attached hydrogens (tertiary/aromatic N) is 2. The number of hydrogen-bond donors (Lipinski definition) is 3. The molecule has 1 spiro atoms. The minimum Gasteiger partial charge on any atom is -0.393 e. The monoisotopic (exact) mass is 419 g/mol. The van der Waals surface area contributed by atoms with Gasteiger partial charge in [-0.3, -0.25) is 0 Å². The summed E-state index contributed by atoms with van der Waals surface area (Å²) in [6.45, 7) is 6.77. The molecular weight excluding hydrogens is 382 g/mol. The molecule has 2 bridgehead atoms. The van der Waals surface area contributed by atoms with E-state index in [1.807, 2.05) is 32.4 Å². The van der Waals surface area contributed by atoms with Crippen LogP contribution in [0.15, 0.2) is 36.7 Å². The molecule has 2 heterocycles. The van der Waals surface area contributed by atoms with Gasteiger partial charge in [0.15, 0.2) is 0 Å². The second-order valence-corrected chi connectivity index (χ2v) is 10.4. The van der Waals surface area contributed by atoms with E-state index in [1.54, 1.807) is 0 Å². The van der Waals surface area contributed by atoms with Crippen molar-refractivity contribution in [1.29, 1.82) is 5.41 Å². The van der Waals surface area contributed by atoms with E-state index < -0.39 is 0 Å². The summed E-state index contributed by atoms with van der Waals surface area (Å²) in [6, 6.07) is 4.10. The number of anilines is 1. The average molecular weight is 420 g/mol. The fraction of sp³-hybridized carbons (Fsp3) is 0.615. The van der Waals surface area contributed by atoms with Crippen molar-refractivity contribution in [2.24, 2.45) is 29.1 Å². The minimum absolute atomic E-state index is 0.542. The van der Waals surface area contributed by atoms with Crippen molar-refractivity contribution in [3.8, 4) is 0 Å². The van der Waals surface area contributed by atoms with Crippen molar-refractivity contribution < 1.29 is 0 Å². The molecule has 5 heteroatoms. The molecule has 0 amide bonds. The molecule has 3 fully saturated rings. The van der Waals surface area contributed by atoms with Crippen molar-refractivity contribution in [2.45, 2.75) is 39.0 Å². The maximum atomic E-state index is 7.94. The lowest BCUT2D eigenvalue weighted by molar-refractivity contribution is 0.136. The topological polar surface area (TPSA) is 64.0 Å². The Balaban J connectivity index is 1.07. The predicted octanol–water partition coefficient (Wildman–Crippen LogP) is 4.41. The van der Waals surface area contributed by atoms with E-state index in [0.717, 1.165) is 47.2 Å². The molecule has 5 nitrogen and oxygen atoms in total. The number of nitrogens with one attached hydrogen (secondary N) is 3. The molecule has 1 saturated heterocycles. The average Bonchev–Trinajstić information content (AvgIpc) is 3.08. The summed E-state index contributed by atoms with van der Waals surface area (Å²) < 4.78 is 0. The normalized spacial score (nSPS) is 31.2. The van der Waals surface area contributed by atoms with Crippen LogP contribution in [0.2, 0.25) is 0 Å². The highest BCUT2D eigenvalue weighted by Gasteiger charge is 2.54. The standard InChI is InChI=1S/C26H37N5/c1-18(27)24(16-28-2)21-5-6-25(29-14-21)30-15-23-13-26(23)7-9-31(10-8-26)17-22-12-19-3-4-20(22)11-19/h3-6,14,16,19-20,22-23,27-28H,7-13,15,17H2,1-2H3,(H,29,30)/b24-16+,27-18?. The van der Waals surface area contributed by atoms with Gasteiger partial charge in [0.2, 0.25) is 0 Å². The van der Waals surface area contributed by atoms with Gasteiger partial charge < -0.3 is 20.9 Å². The Morgan fingerprint density at radius 2 is 2.10 bits per heavy atom. The largest absolute Gasteiger partial charge is 0.393 e. The third-order valence-electron chi connectivity index (χ3n) is 8.42. The molecule has 5 rings (SSSR count). The Labute approximate surface area is 186 Å². The van der Waals surface area contributed by atoms with Gasteiger partial charge in [0.05, 0.1) is 0 Å². The van der Waals surface area contributed by atoms with Crippen LogP contribution in [0.1, 0.15) is 44.6 Å². The molecule has 166 valence electrons. The van der Waals surface area contributed by atoms with E-state index in [2.05, 4.69) is 38.7 Å². The van der Waals surface area contributed by atoms with Crippen LogP contribution in [-0.4, -0.2) is 48.8 Å². The van der Waals surface area contributed by atoms with Crippen molar-refractivity contribution in [1.82, 2.24) is 15.2 Å². The van der Waals surface area contributed by atoms with Gasteiger partial charge in [0.1, 0.15) is 5.82 Å². The highest BCUT2D eigenvalue weighted by Crippen LogP contribution is 2.59. The Morgan fingerprint density at radius 3 is 2.71 bits per heavy atom. The van der Waals surface area contributed by atoms with E-state index in [0.29, 0.717) is 11.1 Å². The zero-order valence-corrected chi connectivity index (χ0v) is 19.0. The van der Waals surface area contributed by atoms with Crippen LogP contribution in [0.3, 0.4) is 0 Å². The highest BCUT2D eigenvalue weighted by molar-refractivity contribution is 6.20. The molecule has 1 aromatic heterocycles. The first-order chi connectivity index (χ1) is 15.1. The number of likely N-dealkylation sites (tertiary alicyclic amines) is 1. The Hall–Kier alpha value is -2.14. The number of aromatic nitrogens is 1. The zero-order chi connectivity index (χ0) is 21.4. The fourth-order valence-electron chi connectivity index (χ4n) is 6.39. The lowest BCUT2D eigenvalue weighted by atomic mass is 9.88. The quantitative estimate of drug-likeness (QED) is 0.431. The van der Waals surface area contributed by atoms with E-state index in [9.17, 15) is 0 Å². The summed E-state index contributed by atoms with van der Waals surface area (Å²) in [5, 5.41) is 14.5. The molecule has 3 N–H and O–H groups in total. The Bertz CT molecular complexity index is 862. The number of pyridine rings is 1. The molecule has 4 unspecified atom stereocenters. The smallest absolute Gasteiger partial charge is 0.125 e. The lowest BCUT2D eigenvalue weighted by Crippen LogP contribution is -2.39. The minimum atomic E-state index is 0.542. The Morgan fingerprint density at radius 1 is 1.26 bits per heavy atom. The third-order valence-corrected chi connectivity index (χ3v) is 8.42. The van der Waals surface area contributed by atoms with Crippen LogP contribution in [0, 0.1) is 34.5 Å². The molecular formula is C26H37N5. The lowest BCUT2D eigenvalue weighted by Gasteiger charge is -2.35. The number of rotatable bonds is 8. The summed E-state index contributed by atoms with van der Waals surface area (Å²) in [5.74, 6) is 4.44. The number of piperidine rings is 1. The maximum Gasteiger partial charge on any atom is 0.125 e. The molecule has 1 aromatic rings. The van der Waals surface area contributed by atoms with Gasteiger partial charge in [-0.15, -0.1) is 0 Å². The van der Waals surface area contributed by atoms with Gasteiger partial charge in [0, 0.05) is 49.4 Å².